The third-order valence-corrected chi connectivity index (χ3v) is 3.65. The van der Waals surface area contributed by atoms with Crippen LogP contribution >= 0.6 is 0 Å². The molecule has 1 aromatic heterocycles. The van der Waals surface area contributed by atoms with E-state index in [0.717, 1.165) is 6.26 Å². The molecule has 0 aliphatic rings. The molecule has 0 saturated heterocycles. The molecule has 3 N–H and O–H groups in total. The summed E-state index contributed by atoms with van der Waals surface area (Å²) in [5.74, 6) is -0.456. The molecule has 1 heterocycles. The number of benzene rings is 1. The molecule has 0 atom stereocenters. The number of nitrogens with zero attached hydrogens (tertiary/aromatic N) is 1. The second kappa shape index (κ2) is 5.30. The molecule has 1 amide bonds. The fourth-order valence-electron chi connectivity index (χ4n) is 1.57. The van der Waals surface area contributed by atoms with Crippen molar-refractivity contribution in [2.24, 2.45) is 0 Å². The Morgan fingerprint density at radius 2 is 2.00 bits per heavy atom. The molecule has 0 radical (unpaired) electrons. The summed E-state index contributed by atoms with van der Waals surface area (Å²) >= 11 is 0. The molecule has 6 nitrogen and oxygen atoms in total. The average molecular weight is 291 g/mol. The van der Waals surface area contributed by atoms with Crippen LogP contribution in [0.25, 0.3) is 0 Å². The molecule has 2 aromatic rings. The molecule has 1 aromatic carbocycles. The summed E-state index contributed by atoms with van der Waals surface area (Å²) in [6.45, 7) is 0. The Morgan fingerprint density at radius 1 is 1.25 bits per heavy atom. The van der Waals surface area contributed by atoms with Crippen LogP contribution in [0.3, 0.4) is 0 Å². The maximum absolute atomic E-state index is 11.9. The van der Waals surface area contributed by atoms with Crippen molar-refractivity contribution in [3.05, 3.63) is 48.3 Å². The quantitative estimate of drug-likeness (QED) is 0.888. The van der Waals surface area contributed by atoms with Gasteiger partial charge in [-0.25, -0.2) is 8.42 Å². The Balaban J connectivity index is 2.25. The third-order valence-electron chi connectivity index (χ3n) is 2.54. The number of pyridine rings is 1. The van der Waals surface area contributed by atoms with Crippen molar-refractivity contribution in [3.63, 3.8) is 0 Å². The van der Waals surface area contributed by atoms with Gasteiger partial charge in [-0.05, 0) is 30.3 Å². The van der Waals surface area contributed by atoms with Crippen LogP contribution in [-0.2, 0) is 9.84 Å². The fourth-order valence-corrected chi connectivity index (χ4v) is 2.24. The van der Waals surface area contributed by atoms with Crippen molar-refractivity contribution in [1.29, 1.82) is 0 Å². The van der Waals surface area contributed by atoms with Gasteiger partial charge in [-0.1, -0.05) is 6.07 Å². The highest BCUT2D eigenvalue weighted by Crippen LogP contribution is 2.16. The topological polar surface area (TPSA) is 102 Å². The zero-order chi connectivity index (χ0) is 14.8. The van der Waals surface area contributed by atoms with Gasteiger partial charge in [-0.2, -0.15) is 0 Å². The Kier molecular flexibility index (Phi) is 3.71. The van der Waals surface area contributed by atoms with Crippen molar-refractivity contribution in [3.8, 4) is 0 Å². The highest BCUT2D eigenvalue weighted by molar-refractivity contribution is 7.90. The summed E-state index contributed by atoms with van der Waals surface area (Å²) in [5.41, 5.74) is 6.54. The number of hydrogen-bond acceptors (Lipinski definition) is 5. The summed E-state index contributed by atoms with van der Waals surface area (Å²) in [5, 5.41) is 2.58. The summed E-state index contributed by atoms with van der Waals surface area (Å²) in [6.07, 6.45) is 2.53. The van der Waals surface area contributed by atoms with Crippen LogP contribution in [-0.4, -0.2) is 25.6 Å². The Morgan fingerprint density at radius 3 is 2.65 bits per heavy atom. The number of nitrogens with one attached hydrogen (secondary N) is 1. The Bertz CT molecular complexity index is 757. The van der Waals surface area contributed by atoms with E-state index < -0.39 is 15.7 Å². The van der Waals surface area contributed by atoms with Crippen LogP contribution in [0.1, 0.15) is 10.5 Å². The maximum Gasteiger partial charge on any atom is 0.274 e. The van der Waals surface area contributed by atoms with Crippen LogP contribution < -0.4 is 11.1 Å². The Hall–Kier alpha value is -2.41. The van der Waals surface area contributed by atoms with Crippen LogP contribution in [0, 0.1) is 0 Å². The number of nitrogen functional groups attached to an aromatic ring is 1. The van der Waals surface area contributed by atoms with Crippen molar-refractivity contribution in [1.82, 2.24) is 4.98 Å². The van der Waals surface area contributed by atoms with Gasteiger partial charge in [0.05, 0.1) is 4.90 Å². The predicted octanol–water partition coefficient (Wildman–Crippen LogP) is 1.32. The minimum absolute atomic E-state index is 0.135. The lowest BCUT2D eigenvalue weighted by atomic mass is 10.3. The third kappa shape index (κ3) is 3.33. The zero-order valence-electron chi connectivity index (χ0n) is 10.7. The standard InChI is InChI=1S/C13H13N3O3S/c1-20(18,19)11-4-2-3-10(8-11)16-13(17)12-7-9(14)5-6-15-12/h2-8H,1H3,(H2,14,15)(H,16,17). The van der Waals surface area contributed by atoms with E-state index in [1.807, 2.05) is 0 Å². The predicted molar refractivity (Wildman–Crippen MR) is 76.2 cm³/mol. The smallest absolute Gasteiger partial charge is 0.274 e. The van der Waals surface area contributed by atoms with Gasteiger partial charge in [0.25, 0.3) is 5.91 Å². The molecule has 0 unspecified atom stereocenters. The Labute approximate surface area is 116 Å². The van der Waals surface area contributed by atoms with Crippen molar-refractivity contribution in [2.45, 2.75) is 4.90 Å². The minimum Gasteiger partial charge on any atom is -0.399 e. The number of nitrogens with two attached hydrogens (primary N) is 1. The van der Waals surface area contributed by atoms with E-state index in [-0.39, 0.29) is 10.6 Å². The van der Waals surface area contributed by atoms with Gasteiger partial charge in [-0.15, -0.1) is 0 Å². The molecule has 0 fully saturated rings. The highest BCUT2D eigenvalue weighted by Gasteiger charge is 2.11. The number of carbonyl (C=O) groups excluding carboxylic acids is 1. The zero-order valence-corrected chi connectivity index (χ0v) is 11.5. The number of hydrogen-bond donors (Lipinski definition) is 2. The molecule has 0 bridgehead atoms. The molecule has 104 valence electrons. The van der Waals surface area contributed by atoms with Crippen LogP contribution in [0.2, 0.25) is 0 Å². The van der Waals surface area contributed by atoms with Gasteiger partial charge in [0.15, 0.2) is 9.84 Å². The lowest BCUT2D eigenvalue weighted by molar-refractivity contribution is 0.102. The number of amides is 1. The van der Waals surface area contributed by atoms with E-state index in [0.29, 0.717) is 11.4 Å². The lowest BCUT2D eigenvalue weighted by Gasteiger charge is -2.06. The summed E-state index contributed by atoms with van der Waals surface area (Å²) < 4.78 is 22.9. The van der Waals surface area contributed by atoms with Crippen molar-refractivity contribution >= 4 is 27.1 Å². The molecule has 0 saturated carbocycles. The molecular formula is C13H13N3O3S. The number of carbonyl (C=O) groups is 1. The second-order valence-corrected chi connectivity index (χ2v) is 6.24. The first-order valence-corrected chi connectivity index (χ1v) is 7.58. The first-order chi connectivity index (χ1) is 9.36. The van der Waals surface area contributed by atoms with Crippen LogP contribution in [0.5, 0.6) is 0 Å². The van der Waals surface area contributed by atoms with Crippen LogP contribution in [0.15, 0.2) is 47.5 Å². The number of aromatic nitrogens is 1. The maximum atomic E-state index is 11.9. The van der Waals surface area contributed by atoms with Gasteiger partial charge in [0.2, 0.25) is 0 Å². The second-order valence-electron chi connectivity index (χ2n) is 4.23. The van der Waals surface area contributed by atoms with E-state index in [1.165, 1.54) is 24.4 Å². The lowest BCUT2D eigenvalue weighted by Crippen LogP contribution is -2.14. The van der Waals surface area contributed by atoms with Crippen LogP contribution in [0.4, 0.5) is 11.4 Å². The minimum atomic E-state index is -3.32. The van der Waals surface area contributed by atoms with Gasteiger partial charge >= 0.3 is 0 Å². The van der Waals surface area contributed by atoms with Gasteiger partial charge in [0.1, 0.15) is 5.69 Å². The summed E-state index contributed by atoms with van der Waals surface area (Å²) in [7, 11) is -3.32. The first-order valence-electron chi connectivity index (χ1n) is 5.69. The molecule has 7 heteroatoms. The molecule has 20 heavy (non-hydrogen) atoms. The fraction of sp³-hybridized carbons (Fsp3) is 0.0769. The monoisotopic (exact) mass is 291 g/mol. The number of anilines is 2. The highest BCUT2D eigenvalue weighted by atomic mass is 32.2. The van der Waals surface area contributed by atoms with Crippen molar-refractivity contribution in [2.75, 3.05) is 17.3 Å². The van der Waals surface area contributed by atoms with E-state index >= 15 is 0 Å². The van der Waals surface area contributed by atoms with E-state index in [2.05, 4.69) is 10.3 Å². The summed E-state index contributed by atoms with van der Waals surface area (Å²) in [4.78, 5) is 16.0. The van der Waals surface area contributed by atoms with Crippen molar-refractivity contribution < 1.29 is 13.2 Å². The molecule has 0 spiro atoms. The van der Waals surface area contributed by atoms with E-state index in [9.17, 15) is 13.2 Å². The average Bonchev–Trinajstić information content (AvgIpc) is 2.38. The number of rotatable bonds is 3. The molecule has 0 aliphatic carbocycles. The normalized spacial score (nSPS) is 11.1. The summed E-state index contributed by atoms with van der Waals surface area (Å²) in [6, 6.07) is 9.01. The molecule has 2 rings (SSSR count). The largest absolute Gasteiger partial charge is 0.399 e. The molecule has 0 aliphatic heterocycles. The SMILES string of the molecule is CS(=O)(=O)c1cccc(NC(=O)c2cc(N)ccn2)c1. The first kappa shape index (κ1) is 14.0. The number of sulfone groups is 1. The van der Waals surface area contributed by atoms with Gasteiger partial charge < -0.3 is 11.1 Å². The van der Waals surface area contributed by atoms with Gasteiger partial charge in [-0.3, -0.25) is 9.78 Å². The van der Waals surface area contributed by atoms with Gasteiger partial charge in [0, 0.05) is 23.8 Å². The van der Waals surface area contributed by atoms with E-state index in [4.69, 9.17) is 5.73 Å². The molecular weight excluding hydrogens is 278 g/mol. The van der Waals surface area contributed by atoms with E-state index in [1.54, 1.807) is 18.2 Å².